The highest BCUT2D eigenvalue weighted by atomic mass is 16.5. The fourth-order valence-electron chi connectivity index (χ4n) is 6.35. The summed E-state index contributed by atoms with van der Waals surface area (Å²) in [6.07, 6.45) is 3.26. The van der Waals surface area contributed by atoms with Gasteiger partial charge < -0.3 is 33.7 Å². The number of nitrogens with one attached hydrogen (secondary N) is 1. The smallest absolute Gasteiger partial charge is 0.234 e. The third-order valence-electron chi connectivity index (χ3n) is 8.76. The lowest BCUT2D eigenvalue weighted by atomic mass is 10.0. The van der Waals surface area contributed by atoms with Crippen LogP contribution in [0.3, 0.4) is 0 Å². The Balaban J connectivity index is 1.20. The van der Waals surface area contributed by atoms with Gasteiger partial charge in [0.05, 0.1) is 49.8 Å². The van der Waals surface area contributed by atoms with Crippen molar-refractivity contribution in [3.63, 3.8) is 0 Å². The number of nitrogens with zero attached hydrogens (tertiary/aromatic N) is 4. The van der Waals surface area contributed by atoms with Crippen LogP contribution in [0.5, 0.6) is 17.2 Å². The molecule has 47 heavy (non-hydrogen) atoms. The Bertz CT molecular complexity index is 1670. The van der Waals surface area contributed by atoms with Crippen LogP contribution in [-0.2, 0) is 38.8 Å². The van der Waals surface area contributed by atoms with Gasteiger partial charge in [0.15, 0.2) is 11.5 Å². The van der Waals surface area contributed by atoms with Gasteiger partial charge in [-0.2, -0.15) is 0 Å². The van der Waals surface area contributed by atoms with Crippen molar-refractivity contribution in [2.45, 2.75) is 51.1 Å². The number of ether oxygens (including phenoxy) is 4. The fourth-order valence-corrected chi connectivity index (χ4v) is 6.35. The molecule has 4 aromatic rings. The van der Waals surface area contributed by atoms with Crippen LogP contribution in [-0.4, -0.2) is 90.3 Å². The second-order valence-corrected chi connectivity index (χ2v) is 12.1. The van der Waals surface area contributed by atoms with Crippen molar-refractivity contribution in [3.8, 4) is 17.2 Å². The number of likely N-dealkylation sites (tertiary alicyclic amines) is 1. The van der Waals surface area contributed by atoms with Crippen LogP contribution in [0, 0.1) is 0 Å². The number of piperidine rings is 1. The molecule has 0 spiro atoms. The average Bonchev–Trinajstić information content (AvgIpc) is 3.49. The summed E-state index contributed by atoms with van der Waals surface area (Å²) in [4.78, 5) is 35.5. The molecule has 3 heterocycles. The number of carbonyl (C=O) groups excluding carboxylic acids is 2. The first-order valence-corrected chi connectivity index (χ1v) is 16.2. The number of imidazole rings is 1. The molecule has 1 aromatic heterocycles. The van der Waals surface area contributed by atoms with E-state index >= 15 is 0 Å². The second kappa shape index (κ2) is 15.4. The first-order chi connectivity index (χ1) is 23.0. The van der Waals surface area contributed by atoms with Crippen LogP contribution in [0.4, 0.5) is 0 Å². The normalized spacial score (nSPS) is 19.1. The van der Waals surface area contributed by atoms with Crippen LogP contribution in [0.1, 0.15) is 30.4 Å². The van der Waals surface area contributed by atoms with E-state index in [1.165, 1.54) is 0 Å². The summed E-state index contributed by atoms with van der Waals surface area (Å²) < 4.78 is 25.7. The number of methoxy groups -OCH3 is 2. The Labute approximate surface area is 275 Å². The Hall–Kier alpha value is -4.45. The molecule has 0 radical (unpaired) electrons. The maximum absolute atomic E-state index is 13.6. The number of rotatable bonds is 8. The van der Waals surface area contributed by atoms with Gasteiger partial charge in [-0.15, -0.1) is 0 Å². The van der Waals surface area contributed by atoms with Gasteiger partial charge in [0.25, 0.3) is 0 Å². The van der Waals surface area contributed by atoms with Gasteiger partial charge >= 0.3 is 0 Å². The standard InChI is InChI=1S/C36H43N5O6/c1-44-18-6-15-39-21-26-11-12-33(45-2)34(20-26)47-28-8-5-7-27(19-28)24-46-32-13-16-40(22-30(32)38-35(42)23-39)36(43)14-17-41-25-37-29-9-3-4-10-31(29)41/h3-5,7-12,19-20,25,30,32H,6,13-18,21-24H2,1-2H3,(H,38,42)/t30-,32+/m0/s1. The lowest BCUT2D eigenvalue weighted by Crippen LogP contribution is -2.58. The summed E-state index contributed by atoms with van der Waals surface area (Å²) in [6, 6.07) is 21.2. The van der Waals surface area contributed by atoms with Gasteiger partial charge in [-0.05, 0) is 60.4 Å². The zero-order valence-electron chi connectivity index (χ0n) is 27.1. The Morgan fingerprint density at radius 3 is 2.79 bits per heavy atom. The van der Waals surface area contributed by atoms with Crippen LogP contribution in [0.2, 0.25) is 0 Å². The molecule has 0 aliphatic carbocycles. The van der Waals surface area contributed by atoms with Crippen LogP contribution < -0.4 is 14.8 Å². The number of carbonyl (C=O) groups is 2. The highest BCUT2D eigenvalue weighted by Gasteiger charge is 2.33. The lowest BCUT2D eigenvalue weighted by Gasteiger charge is -2.39. The number of hydrogen-bond acceptors (Lipinski definition) is 8. The van der Waals surface area contributed by atoms with Crippen molar-refractivity contribution in [1.29, 1.82) is 0 Å². The Morgan fingerprint density at radius 2 is 1.91 bits per heavy atom. The van der Waals surface area contributed by atoms with Gasteiger partial charge in [0, 0.05) is 52.9 Å². The third kappa shape index (κ3) is 8.29. The molecule has 0 unspecified atom stereocenters. The number of aryl methyl sites for hydroxylation is 1. The van der Waals surface area contributed by atoms with Gasteiger partial charge in [0.1, 0.15) is 5.75 Å². The molecule has 1 saturated heterocycles. The molecule has 0 saturated carbocycles. The summed E-state index contributed by atoms with van der Waals surface area (Å²) in [6.45, 7) is 3.81. The van der Waals surface area contributed by atoms with Crippen molar-refractivity contribution >= 4 is 22.8 Å². The van der Waals surface area contributed by atoms with Gasteiger partial charge in [0.2, 0.25) is 11.8 Å². The number of benzene rings is 3. The van der Waals surface area contributed by atoms with Crippen molar-refractivity contribution in [3.05, 3.63) is 84.2 Å². The molecule has 1 fully saturated rings. The quantitative estimate of drug-likeness (QED) is 0.283. The predicted octanol–water partition coefficient (Wildman–Crippen LogP) is 4.38. The predicted molar refractivity (Wildman–Crippen MR) is 177 cm³/mol. The molecule has 6 rings (SSSR count). The number of hydrogen-bond donors (Lipinski definition) is 1. The maximum atomic E-state index is 13.6. The van der Waals surface area contributed by atoms with Gasteiger partial charge in [-0.1, -0.05) is 30.3 Å². The summed E-state index contributed by atoms with van der Waals surface area (Å²) in [7, 11) is 3.30. The lowest BCUT2D eigenvalue weighted by molar-refractivity contribution is -0.137. The van der Waals surface area contributed by atoms with E-state index in [-0.39, 0.29) is 30.5 Å². The van der Waals surface area contributed by atoms with E-state index in [1.54, 1.807) is 20.5 Å². The first-order valence-electron chi connectivity index (χ1n) is 16.2. The zero-order chi connectivity index (χ0) is 32.6. The fraction of sp³-hybridized carbons (Fsp3) is 0.417. The molecule has 3 aromatic carbocycles. The third-order valence-corrected chi connectivity index (χ3v) is 8.76. The van der Waals surface area contributed by atoms with E-state index in [0.717, 1.165) is 28.6 Å². The van der Waals surface area contributed by atoms with E-state index in [4.69, 9.17) is 18.9 Å². The van der Waals surface area contributed by atoms with E-state index in [0.29, 0.717) is 76.0 Å². The van der Waals surface area contributed by atoms with Crippen LogP contribution >= 0.6 is 0 Å². The second-order valence-electron chi connectivity index (χ2n) is 12.1. The highest BCUT2D eigenvalue weighted by molar-refractivity contribution is 5.79. The van der Waals surface area contributed by atoms with E-state index in [1.807, 2.05) is 76.2 Å². The summed E-state index contributed by atoms with van der Waals surface area (Å²) >= 11 is 0. The molecular weight excluding hydrogens is 598 g/mol. The number of fused-ring (bicyclic) bond motifs is 6. The summed E-state index contributed by atoms with van der Waals surface area (Å²) in [5, 5.41) is 3.24. The van der Waals surface area contributed by atoms with Crippen LogP contribution in [0.25, 0.3) is 11.0 Å². The van der Waals surface area contributed by atoms with Gasteiger partial charge in [-0.25, -0.2) is 4.98 Å². The Kier molecular flexibility index (Phi) is 10.7. The highest BCUT2D eigenvalue weighted by Crippen LogP contribution is 2.33. The number of para-hydroxylation sites is 2. The van der Waals surface area contributed by atoms with Crippen molar-refractivity contribution in [2.75, 3.05) is 47.0 Å². The molecule has 2 aliphatic heterocycles. The number of aromatic nitrogens is 2. The van der Waals surface area contributed by atoms with E-state index in [2.05, 4.69) is 15.2 Å². The molecule has 4 bridgehead atoms. The van der Waals surface area contributed by atoms with Gasteiger partial charge in [-0.3, -0.25) is 14.5 Å². The average molecular weight is 642 g/mol. The minimum atomic E-state index is -0.352. The largest absolute Gasteiger partial charge is 0.493 e. The first kappa shape index (κ1) is 32.5. The molecule has 248 valence electrons. The van der Waals surface area contributed by atoms with Crippen LogP contribution in [0.15, 0.2) is 73.1 Å². The monoisotopic (exact) mass is 641 g/mol. The van der Waals surface area contributed by atoms with E-state index < -0.39 is 0 Å². The molecule has 2 aliphatic rings. The maximum Gasteiger partial charge on any atom is 0.234 e. The SMILES string of the molecule is COCCCN1CC(=O)N[C@H]2CN(C(=O)CCn3cnc4ccccc43)CC[C@H]2OCc2cccc(c2)Oc2cc(ccc2OC)C1. The van der Waals surface area contributed by atoms with E-state index in [9.17, 15) is 9.59 Å². The van der Waals surface area contributed by atoms with Crippen molar-refractivity contribution in [1.82, 2.24) is 24.7 Å². The molecule has 11 heteroatoms. The minimum absolute atomic E-state index is 0.0453. The zero-order valence-corrected chi connectivity index (χ0v) is 27.1. The molecule has 2 atom stereocenters. The van der Waals surface area contributed by atoms with Crippen molar-refractivity contribution < 1.29 is 28.5 Å². The topological polar surface area (TPSA) is 107 Å². The summed E-state index contributed by atoms with van der Waals surface area (Å²) in [5.41, 5.74) is 3.86. The molecule has 2 amide bonds. The Morgan fingerprint density at radius 1 is 1.02 bits per heavy atom. The number of amides is 2. The molecular formula is C36H43N5O6. The molecule has 11 nitrogen and oxygen atoms in total. The molecule has 1 N–H and O–H groups in total. The van der Waals surface area contributed by atoms with Crippen molar-refractivity contribution in [2.24, 2.45) is 0 Å². The summed E-state index contributed by atoms with van der Waals surface area (Å²) in [5.74, 6) is 1.85. The minimum Gasteiger partial charge on any atom is -0.493 e.